The van der Waals surface area contributed by atoms with Crippen LogP contribution in [0.1, 0.15) is 22.9 Å². The van der Waals surface area contributed by atoms with Crippen LogP contribution in [-0.4, -0.2) is 21.1 Å². The molecule has 7 aromatic rings. The highest BCUT2D eigenvalue weighted by molar-refractivity contribution is 6.13. The molecule has 3 aromatic heterocycles. The first kappa shape index (κ1) is 22.5. The zero-order valence-electron chi connectivity index (χ0n) is 21.4. The van der Waals surface area contributed by atoms with E-state index in [9.17, 15) is 0 Å². The molecule has 6 heteroatoms. The van der Waals surface area contributed by atoms with E-state index in [2.05, 4.69) is 54.0 Å². The number of rotatable bonds is 4. The van der Waals surface area contributed by atoms with Crippen molar-refractivity contribution in [3.63, 3.8) is 0 Å². The minimum Gasteiger partial charge on any atom is -0.437 e. The number of amidine groups is 2. The molecular formula is C34H23N5O. The molecule has 8 rings (SSSR count). The molecule has 0 radical (unpaired) electrons. The lowest BCUT2D eigenvalue weighted by molar-refractivity contribution is 0.649. The second-order valence-corrected chi connectivity index (χ2v) is 9.82. The summed E-state index contributed by atoms with van der Waals surface area (Å²) in [5.74, 6) is 1.51. The molecule has 0 bridgehead atoms. The summed E-state index contributed by atoms with van der Waals surface area (Å²) >= 11 is 0. The molecule has 6 nitrogen and oxygen atoms in total. The molecule has 0 saturated carbocycles. The van der Waals surface area contributed by atoms with Gasteiger partial charge < -0.3 is 9.73 Å². The highest BCUT2D eigenvalue weighted by Gasteiger charge is 2.21. The van der Waals surface area contributed by atoms with Gasteiger partial charge in [0.25, 0.3) is 0 Å². The number of hydrogen-bond acceptors (Lipinski definition) is 5. The Morgan fingerprint density at radius 3 is 2.17 bits per heavy atom. The van der Waals surface area contributed by atoms with E-state index in [0.717, 1.165) is 61.5 Å². The summed E-state index contributed by atoms with van der Waals surface area (Å²) in [7, 11) is 0. The third kappa shape index (κ3) is 3.77. The molecule has 0 saturated heterocycles. The fourth-order valence-corrected chi connectivity index (χ4v) is 5.26. The molecule has 1 aliphatic heterocycles. The average molecular weight is 518 g/mol. The average Bonchev–Trinajstić information content (AvgIpc) is 3.58. The smallest absolute Gasteiger partial charge is 0.232 e. The minimum absolute atomic E-state index is 0.224. The molecule has 0 aliphatic carbocycles. The van der Waals surface area contributed by atoms with E-state index in [4.69, 9.17) is 19.4 Å². The molecule has 4 aromatic carbocycles. The van der Waals surface area contributed by atoms with Crippen molar-refractivity contribution in [2.45, 2.75) is 6.17 Å². The number of imidazole rings is 1. The van der Waals surface area contributed by atoms with Crippen LogP contribution in [0.4, 0.5) is 0 Å². The standard InChI is InChI=1S/C34H23N5O/c1-3-9-23(10-4-1)31-36-32(24-11-5-2-6-12-24)38-33(37-31)25-17-15-22(16-18-25)26-19-20-29-35-30-27-13-7-8-14-28(27)40-34(30)39(29)21-26/h1-21,31H,(H,36,37,38). The van der Waals surface area contributed by atoms with Gasteiger partial charge in [-0.3, -0.25) is 4.40 Å². The molecular weight excluding hydrogens is 494 g/mol. The largest absolute Gasteiger partial charge is 0.437 e. The van der Waals surface area contributed by atoms with E-state index in [-0.39, 0.29) is 6.17 Å². The van der Waals surface area contributed by atoms with Crippen LogP contribution in [0.2, 0.25) is 0 Å². The molecule has 0 amide bonds. The van der Waals surface area contributed by atoms with E-state index in [1.54, 1.807) is 0 Å². The number of nitrogens with one attached hydrogen (secondary N) is 1. The predicted octanol–water partition coefficient (Wildman–Crippen LogP) is 7.40. The van der Waals surface area contributed by atoms with Gasteiger partial charge in [-0.25, -0.2) is 15.0 Å². The van der Waals surface area contributed by atoms with Gasteiger partial charge in [0.15, 0.2) is 5.84 Å². The highest BCUT2D eigenvalue weighted by Crippen LogP contribution is 2.31. The lowest BCUT2D eigenvalue weighted by Crippen LogP contribution is -2.33. The van der Waals surface area contributed by atoms with Crippen molar-refractivity contribution < 1.29 is 4.42 Å². The zero-order valence-corrected chi connectivity index (χ0v) is 21.4. The number of para-hydroxylation sites is 1. The number of aromatic nitrogens is 2. The number of benzene rings is 4. The number of nitrogens with zero attached hydrogens (tertiary/aromatic N) is 4. The Morgan fingerprint density at radius 1 is 0.650 bits per heavy atom. The highest BCUT2D eigenvalue weighted by atomic mass is 16.3. The summed E-state index contributed by atoms with van der Waals surface area (Å²) in [5.41, 5.74) is 8.59. The van der Waals surface area contributed by atoms with Crippen LogP contribution >= 0.6 is 0 Å². The van der Waals surface area contributed by atoms with Crippen LogP contribution in [0, 0.1) is 0 Å². The summed E-state index contributed by atoms with van der Waals surface area (Å²) in [4.78, 5) is 14.7. The summed E-state index contributed by atoms with van der Waals surface area (Å²) in [5, 5.41) is 4.56. The first-order chi connectivity index (χ1) is 19.8. The van der Waals surface area contributed by atoms with Crippen LogP contribution in [0.25, 0.3) is 39.0 Å². The normalized spacial score (nSPS) is 15.2. The molecule has 190 valence electrons. The monoisotopic (exact) mass is 517 g/mol. The van der Waals surface area contributed by atoms with Gasteiger partial charge >= 0.3 is 0 Å². The van der Waals surface area contributed by atoms with Crippen molar-refractivity contribution in [2.24, 2.45) is 9.98 Å². The van der Waals surface area contributed by atoms with E-state index < -0.39 is 0 Å². The molecule has 0 spiro atoms. The van der Waals surface area contributed by atoms with Crippen molar-refractivity contribution in [1.82, 2.24) is 14.7 Å². The fraction of sp³-hybridized carbons (Fsp3) is 0.0294. The number of furan rings is 1. The van der Waals surface area contributed by atoms with Gasteiger partial charge in [0.2, 0.25) is 5.71 Å². The first-order valence-corrected chi connectivity index (χ1v) is 13.2. The number of aliphatic imine (C=N–C) groups is 2. The number of hydrogen-bond donors (Lipinski definition) is 1. The minimum atomic E-state index is -0.224. The zero-order chi connectivity index (χ0) is 26.5. The summed E-state index contributed by atoms with van der Waals surface area (Å²) in [6.07, 6.45) is 1.86. The van der Waals surface area contributed by atoms with Crippen molar-refractivity contribution in [3.05, 3.63) is 144 Å². The summed E-state index contributed by atoms with van der Waals surface area (Å²) < 4.78 is 8.18. The van der Waals surface area contributed by atoms with Crippen LogP contribution in [0.5, 0.6) is 0 Å². The molecule has 40 heavy (non-hydrogen) atoms. The third-order valence-electron chi connectivity index (χ3n) is 7.31. The topological polar surface area (TPSA) is 67.2 Å². The van der Waals surface area contributed by atoms with Gasteiger partial charge in [0.05, 0.1) is 0 Å². The van der Waals surface area contributed by atoms with E-state index >= 15 is 0 Å². The maximum atomic E-state index is 6.15. The quantitative estimate of drug-likeness (QED) is 0.265. The molecule has 1 atom stereocenters. The van der Waals surface area contributed by atoms with Crippen LogP contribution in [0.15, 0.2) is 142 Å². The number of fused-ring (bicyclic) bond motifs is 5. The van der Waals surface area contributed by atoms with E-state index in [1.165, 1.54) is 0 Å². The van der Waals surface area contributed by atoms with Gasteiger partial charge in [-0.1, -0.05) is 97.1 Å². The third-order valence-corrected chi connectivity index (χ3v) is 7.31. The van der Waals surface area contributed by atoms with Crippen molar-refractivity contribution >= 4 is 39.5 Å². The Hall–Kier alpha value is -5.49. The Morgan fingerprint density at radius 2 is 1.35 bits per heavy atom. The van der Waals surface area contributed by atoms with Crippen molar-refractivity contribution in [1.29, 1.82) is 0 Å². The Balaban J connectivity index is 1.16. The predicted molar refractivity (Wildman–Crippen MR) is 160 cm³/mol. The molecule has 0 fully saturated rings. The molecule has 1 N–H and O–H groups in total. The summed E-state index contributed by atoms with van der Waals surface area (Å²) in [6, 6.07) is 41.0. The van der Waals surface area contributed by atoms with Gasteiger partial charge in [0, 0.05) is 22.7 Å². The van der Waals surface area contributed by atoms with E-state index in [1.807, 2.05) is 83.3 Å². The second kappa shape index (κ2) is 9.06. The molecule has 4 heterocycles. The molecule has 1 unspecified atom stereocenters. The first-order valence-electron chi connectivity index (χ1n) is 13.2. The van der Waals surface area contributed by atoms with Crippen LogP contribution in [-0.2, 0) is 0 Å². The summed E-state index contributed by atoms with van der Waals surface area (Å²) in [6.45, 7) is 0. The van der Waals surface area contributed by atoms with Gasteiger partial charge in [-0.15, -0.1) is 0 Å². The van der Waals surface area contributed by atoms with E-state index in [0.29, 0.717) is 5.84 Å². The van der Waals surface area contributed by atoms with Gasteiger partial charge in [-0.05, 0) is 41.0 Å². The lowest BCUT2D eigenvalue weighted by atomic mass is 10.0. The Labute approximate surface area is 230 Å². The maximum Gasteiger partial charge on any atom is 0.232 e. The van der Waals surface area contributed by atoms with Crippen LogP contribution < -0.4 is 5.32 Å². The molecule has 1 aliphatic rings. The second-order valence-electron chi connectivity index (χ2n) is 9.82. The Bertz CT molecular complexity index is 2070. The van der Waals surface area contributed by atoms with Crippen LogP contribution in [0.3, 0.4) is 0 Å². The lowest BCUT2D eigenvalue weighted by Gasteiger charge is -2.23. The van der Waals surface area contributed by atoms with Crippen molar-refractivity contribution in [3.8, 4) is 11.1 Å². The Kier molecular flexibility index (Phi) is 5.10. The number of pyridine rings is 1. The van der Waals surface area contributed by atoms with Gasteiger partial charge in [-0.2, -0.15) is 0 Å². The van der Waals surface area contributed by atoms with Crippen molar-refractivity contribution in [2.75, 3.05) is 0 Å². The SMILES string of the molecule is c1ccc(C2=NC(c3ccccc3)NC(c3ccc(-c4ccc5nc6c7ccccc7oc6n5c4)cc3)=N2)cc1. The van der Waals surface area contributed by atoms with Gasteiger partial charge in [0.1, 0.15) is 28.7 Å². The fourth-order valence-electron chi connectivity index (χ4n) is 5.26. The maximum absolute atomic E-state index is 6.15.